The first-order chi connectivity index (χ1) is 10.2. The average Bonchev–Trinajstić information content (AvgIpc) is 2.53. The molecule has 0 aliphatic heterocycles. The van der Waals surface area contributed by atoms with Gasteiger partial charge in [0.1, 0.15) is 11.8 Å². The number of nitrogens with one attached hydrogen (secondary N) is 2. The Balaban J connectivity index is 2.57. The molecule has 0 spiro atoms. The minimum absolute atomic E-state index is 0.178. The minimum Gasteiger partial charge on any atom is -0.393 e. The van der Waals surface area contributed by atoms with Crippen LogP contribution >= 0.6 is 11.6 Å². The van der Waals surface area contributed by atoms with Crippen LogP contribution in [-0.2, 0) is 0 Å². The van der Waals surface area contributed by atoms with Crippen LogP contribution in [0.15, 0.2) is 36.7 Å². The number of nitriles is 1. The molecule has 0 aliphatic rings. The molecular formula is C15H12ClN5. The highest BCUT2D eigenvalue weighted by Gasteiger charge is 2.12. The number of halogens is 1. The van der Waals surface area contributed by atoms with Crippen molar-refractivity contribution >= 4 is 23.4 Å². The smallest absolute Gasteiger partial charge is 0.166 e. The quantitative estimate of drug-likeness (QED) is 0.850. The normalized spacial score (nSPS) is 10.8. The van der Waals surface area contributed by atoms with Crippen molar-refractivity contribution in [2.24, 2.45) is 0 Å². The largest absolute Gasteiger partial charge is 0.393 e. The number of benzene rings is 1. The summed E-state index contributed by atoms with van der Waals surface area (Å²) in [4.78, 5) is 8.56. The first-order valence-corrected chi connectivity index (χ1v) is 6.48. The second-order valence-electron chi connectivity index (χ2n) is 4.10. The molecule has 0 saturated heterocycles. The zero-order chi connectivity index (χ0) is 15.2. The molecule has 6 heteroatoms. The van der Waals surface area contributed by atoms with Crippen LogP contribution in [0.2, 0.25) is 5.02 Å². The fourth-order valence-corrected chi connectivity index (χ4v) is 1.89. The standard InChI is InChI=1S/C15H12ClN5/c1-19-8-11(6-17)15-13(7-18)20-9-14(21-15)10-2-4-12(16)5-3-10/h2-6,8-9,17,19H,1H3/b11-8+,17-6?. The Kier molecular flexibility index (Phi) is 4.64. The topological polar surface area (TPSA) is 85.5 Å². The van der Waals surface area contributed by atoms with Gasteiger partial charge >= 0.3 is 0 Å². The third kappa shape index (κ3) is 3.25. The van der Waals surface area contributed by atoms with Crippen LogP contribution in [0.25, 0.3) is 16.8 Å². The summed E-state index contributed by atoms with van der Waals surface area (Å²) >= 11 is 5.87. The zero-order valence-corrected chi connectivity index (χ0v) is 12.0. The highest BCUT2D eigenvalue weighted by atomic mass is 35.5. The maximum absolute atomic E-state index is 9.14. The van der Waals surface area contributed by atoms with Crippen LogP contribution in [0.1, 0.15) is 11.4 Å². The summed E-state index contributed by atoms with van der Waals surface area (Å²) in [5.41, 5.74) is 2.49. The summed E-state index contributed by atoms with van der Waals surface area (Å²) in [5, 5.41) is 20.0. The van der Waals surface area contributed by atoms with Gasteiger partial charge in [0.15, 0.2) is 5.69 Å². The molecule has 0 atom stereocenters. The summed E-state index contributed by atoms with van der Waals surface area (Å²) < 4.78 is 0. The van der Waals surface area contributed by atoms with Crippen LogP contribution < -0.4 is 5.32 Å². The molecule has 5 nitrogen and oxygen atoms in total. The first-order valence-electron chi connectivity index (χ1n) is 6.11. The second kappa shape index (κ2) is 6.64. The van der Waals surface area contributed by atoms with Crippen LogP contribution in [-0.4, -0.2) is 23.2 Å². The molecular weight excluding hydrogens is 286 g/mol. The molecule has 0 fully saturated rings. The molecule has 104 valence electrons. The van der Waals surface area contributed by atoms with Crippen molar-refractivity contribution in [2.75, 3.05) is 7.05 Å². The first kappa shape index (κ1) is 14.7. The third-order valence-electron chi connectivity index (χ3n) is 2.75. The van der Waals surface area contributed by atoms with Crippen molar-refractivity contribution < 1.29 is 0 Å². The van der Waals surface area contributed by atoms with E-state index in [1.165, 1.54) is 6.20 Å². The van der Waals surface area contributed by atoms with Gasteiger partial charge in [-0.3, -0.25) is 0 Å². The Labute approximate surface area is 127 Å². The minimum atomic E-state index is 0.178. The number of aromatic nitrogens is 2. The van der Waals surface area contributed by atoms with E-state index in [1.807, 2.05) is 18.2 Å². The lowest BCUT2D eigenvalue weighted by molar-refractivity contribution is 1.09. The van der Waals surface area contributed by atoms with Gasteiger partial charge in [-0.05, 0) is 12.1 Å². The third-order valence-corrected chi connectivity index (χ3v) is 3.00. The molecule has 1 aromatic carbocycles. The van der Waals surface area contributed by atoms with E-state index in [2.05, 4.69) is 15.3 Å². The summed E-state index contributed by atoms with van der Waals surface area (Å²) in [6.45, 7) is 0. The van der Waals surface area contributed by atoms with Gasteiger partial charge in [0.2, 0.25) is 0 Å². The Morgan fingerprint density at radius 3 is 2.67 bits per heavy atom. The van der Waals surface area contributed by atoms with Gasteiger partial charge < -0.3 is 10.7 Å². The number of allylic oxidation sites excluding steroid dienone is 1. The summed E-state index contributed by atoms with van der Waals surface area (Å²) in [7, 11) is 1.71. The average molecular weight is 298 g/mol. The lowest BCUT2D eigenvalue weighted by atomic mass is 10.1. The zero-order valence-electron chi connectivity index (χ0n) is 11.3. The highest BCUT2D eigenvalue weighted by Crippen LogP contribution is 2.22. The fourth-order valence-electron chi connectivity index (χ4n) is 1.77. The number of hydrogen-bond donors (Lipinski definition) is 2. The highest BCUT2D eigenvalue weighted by molar-refractivity contribution is 6.30. The van der Waals surface area contributed by atoms with Crippen LogP contribution in [0.3, 0.4) is 0 Å². The van der Waals surface area contributed by atoms with Crippen molar-refractivity contribution in [1.29, 1.82) is 10.7 Å². The van der Waals surface area contributed by atoms with Gasteiger partial charge in [-0.2, -0.15) is 5.26 Å². The molecule has 1 aromatic heterocycles. The second-order valence-corrected chi connectivity index (χ2v) is 4.54. The monoisotopic (exact) mass is 297 g/mol. The van der Waals surface area contributed by atoms with Gasteiger partial charge in [0, 0.05) is 35.6 Å². The van der Waals surface area contributed by atoms with Crippen molar-refractivity contribution in [2.45, 2.75) is 0 Å². The van der Waals surface area contributed by atoms with E-state index in [9.17, 15) is 0 Å². The number of nitrogens with zero attached hydrogens (tertiary/aromatic N) is 3. The van der Waals surface area contributed by atoms with Gasteiger partial charge in [-0.1, -0.05) is 23.7 Å². The lowest BCUT2D eigenvalue weighted by Crippen LogP contribution is -2.04. The van der Waals surface area contributed by atoms with E-state index >= 15 is 0 Å². The maximum atomic E-state index is 9.14. The van der Waals surface area contributed by atoms with Crippen LogP contribution in [0, 0.1) is 16.7 Å². The molecule has 0 unspecified atom stereocenters. The molecule has 0 radical (unpaired) electrons. The molecule has 2 rings (SSSR count). The number of rotatable bonds is 4. The van der Waals surface area contributed by atoms with Crippen molar-refractivity contribution in [3.63, 3.8) is 0 Å². The summed E-state index contributed by atoms with van der Waals surface area (Å²) in [6.07, 6.45) is 4.27. The van der Waals surface area contributed by atoms with E-state index < -0.39 is 0 Å². The van der Waals surface area contributed by atoms with Gasteiger partial charge in [-0.15, -0.1) is 0 Å². The number of hydrogen-bond acceptors (Lipinski definition) is 5. The molecule has 2 N–H and O–H groups in total. The Bertz CT molecular complexity index is 729. The molecule has 2 aromatic rings. The molecule has 0 amide bonds. The van der Waals surface area contributed by atoms with Gasteiger partial charge in [0.05, 0.1) is 11.9 Å². The van der Waals surface area contributed by atoms with E-state index in [-0.39, 0.29) is 5.69 Å². The fraction of sp³-hybridized carbons (Fsp3) is 0.0667. The molecule has 21 heavy (non-hydrogen) atoms. The summed E-state index contributed by atoms with van der Waals surface area (Å²) in [5.74, 6) is 0. The van der Waals surface area contributed by atoms with E-state index in [1.54, 1.807) is 25.4 Å². The summed E-state index contributed by atoms with van der Waals surface area (Å²) in [6, 6.07) is 9.17. The predicted molar refractivity (Wildman–Crippen MR) is 83.0 cm³/mol. The van der Waals surface area contributed by atoms with E-state index in [0.29, 0.717) is 22.0 Å². The molecule has 0 aliphatic carbocycles. The Morgan fingerprint density at radius 1 is 1.38 bits per heavy atom. The van der Waals surface area contributed by atoms with Crippen molar-refractivity contribution in [1.82, 2.24) is 15.3 Å². The molecule has 0 bridgehead atoms. The Morgan fingerprint density at radius 2 is 2.10 bits per heavy atom. The van der Waals surface area contributed by atoms with E-state index in [4.69, 9.17) is 22.3 Å². The van der Waals surface area contributed by atoms with Crippen molar-refractivity contribution in [3.05, 3.63) is 53.1 Å². The predicted octanol–water partition coefficient (Wildman–Crippen LogP) is 2.88. The van der Waals surface area contributed by atoms with Crippen LogP contribution in [0.4, 0.5) is 0 Å². The SMILES string of the molecule is CN/C=C(\C=N)c1nc(-c2ccc(Cl)cc2)cnc1C#N. The molecule has 1 heterocycles. The lowest BCUT2D eigenvalue weighted by Gasteiger charge is -2.07. The van der Waals surface area contributed by atoms with Crippen molar-refractivity contribution in [3.8, 4) is 17.3 Å². The Hall–Kier alpha value is -2.71. The maximum Gasteiger partial charge on any atom is 0.166 e. The van der Waals surface area contributed by atoms with Crippen LogP contribution in [0.5, 0.6) is 0 Å². The van der Waals surface area contributed by atoms with Gasteiger partial charge in [-0.25, -0.2) is 9.97 Å². The van der Waals surface area contributed by atoms with Gasteiger partial charge in [0.25, 0.3) is 0 Å². The molecule has 0 saturated carbocycles. The van der Waals surface area contributed by atoms with E-state index in [0.717, 1.165) is 11.8 Å².